The maximum absolute atomic E-state index is 12.5. The summed E-state index contributed by atoms with van der Waals surface area (Å²) in [6, 6.07) is 15.3. The second kappa shape index (κ2) is 6.74. The first-order valence-electron chi connectivity index (χ1n) is 8.03. The highest BCUT2D eigenvalue weighted by atomic mass is 16.2. The highest BCUT2D eigenvalue weighted by molar-refractivity contribution is 5.99. The first-order chi connectivity index (χ1) is 11.5. The smallest absolute Gasteiger partial charge is 0.324 e. The lowest BCUT2D eigenvalue weighted by atomic mass is 10.1. The zero-order chi connectivity index (χ0) is 17.1. The topological polar surface area (TPSA) is 52.7 Å². The highest BCUT2D eigenvalue weighted by Gasteiger charge is 2.30. The first-order valence-corrected chi connectivity index (χ1v) is 8.03. The van der Waals surface area contributed by atoms with E-state index in [9.17, 15) is 9.59 Å². The third-order valence-electron chi connectivity index (χ3n) is 4.16. The fourth-order valence-corrected chi connectivity index (χ4v) is 2.81. The molecule has 1 aliphatic rings. The van der Waals surface area contributed by atoms with Gasteiger partial charge in [0.15, 0.2) is 0 Å². The van der Waals surface area contributed by atoms with Crippen LogP contribution in [0.3, 0.4) is 0 Å². The summed E-state index contributed by atoms with van der Waals surface area (Å²) < 4.78 is 0. The summed E-state index contributed by atoms with van der Waals surface area (Å²) in [6.45, 7) is 5.15. The Morgan fingerprint density at radius 1 is 1.08 bits per heavy atom. The van der Waals surface area contributed by atoms with E-state index in [2.05, 4.69) is 5.32 Å². The van der Waals surface area contributed by atoms with Gasteiger partial charge in [0, 0.05) is 24.5 Å². The van der Waals surface area contributed by atoms with Gasteiger partial charge in [-0.05, 0) is 43.2 Å². The van der Waals surface area contributed by atoms with Crippen molar-refractivity contribution >= 4 is 23.3 Å². The Kier molecular flexibility index (Phi) is 4.51. The molecule has 3 amide bonds. The fraction of sp³-hybridized carbons (Fsp3) is 0.263. The van der Waals surface area contributed by atoms with E-state index in [1.807, 2.05) is 62.4 Å². The molecule has 1 aliphatic heterocycles. The summed E-state index contributed by atoms with van der Waals surface area (Å²) >= 11 is 0. The van der Waals surface area contributed by atoms with Crippen LogP contribution in [0.5, 0.6) is 0 Å². The van der Waals surface area contributed by atoms with Crippen LogP contribution in [0.2, 0.25) is 0 Å². The van der Waals surface area contributed by atoms with Crippen LogP contribution in [0, 0.1) is 13.8 Å². The van der Waals surface area contributed by atoms with Crippen molar-refractivity contribution in [2.75, 3.05) is 29.9 Å². The molecule has 124 valence electrons. The van der Waals surface area contributed by atoms with Crippen LogP contribution in [-0.4, -0.2) is 36.5 Å². The molecule has 2 aromatic carbocycles. The minimum atomic E-state index is -0.174. The Morgan fingerprint density at radius 2 is 1.83 bits per heavy atom. The Balaban J connectivity index is 1.63. The first kappa shape index (κ1) is 16.1. The molecule has 5 heteroatoms. The number of carbonyl (C=O) groups excluding carboxylic acids is 2. The highest BCUT2D eigenvalue weighted by Crippen LogP contribution is 2.20. The third kappa shape index (κ3) is 3.40. The molecular weight excluding hydrogens is 302 g/mol. The zero-order valence-electron chi connectivity index (χ0n) is 14.0. The van der Waals surface area contributed by atoms with Gasteiger partial charge in [0.2, 0.25) is 5.91 Å². The number of para-hydroxylation sites is 1. The molecule has 1 saturated heterocycles. The van der Waals surface area contributed by atoms with Gasteiger partial charge in [-0.3, -0.25) is 9.69 Å². The van der Waals surface area contributed by atoms with E-state index in [1.54, 1.807) is 9.80 Å². The second-order valence-corrected chi connectivity index (χ2v) is 6.06. The van der Waals surface area contributed by atoms with Crippen LogP contribution >= 0.6 is 0 Å². The van der Waals surface area contributed by atoms with Gasteiger partial charge in [0.25, 0.3) is 0 Å². The van der Waals surface area contributed by atoms with Crippen LogP contribution in [0.1, 0.15) is 11.1 Å². The van der Waals surface area contributed by atoms with Gasteiger partial charge in [0.1, 0.15) is 6.54 Å². The van der Waals surface area contributed by atoms with Crippen molar-refractivity contribution in [3.63, 3.8) is 0 Å². The Bertz CT molecular complexity index is 758. The lowest BCUT2D eigenvalue weighted by molar-refractivity contribution is -0.116. The molecule has 1 N–H and O–H groups in total. The molecule has 0 aromatic heterocycles. The van der Waals surface area contributed by atoms with Gasteiger partial charge in [-0.2, -0.15) is 0 Å². The number of benzene rings is 2. The standard InChI is InChI=1S/C19H21N3O2/c1-14-8-9-15(2)17(12-14)20-18(23)13-21-10-11-22(19(21)24)16-6-4-3-5-7-16/h3-9,12H,10-11,13H2,1-2H3,(H,20,23). The van der Waals surface area contributed by atoms with Crippen LogP contribution < -0.4 is 10.2 Å². The van der Waals surface area contributed by atoms with E-state index >= 15 is 0 Å². The van der Waals surface area contributed by atoms with Crippen LogP contribution in [-0.2, 0) is 4.79 Å². The third-order valence-corrected chi connectivity index (χ3v) is 4.16. The molecule has 3 rings (SSSR count). The van der Waals surface area contributed by atoms with Crippen LogP contribution in [0.15, 0.2) is 48.5 Å². The molecule has 0 saturated carbocycles. The number of amides is 3. The second-order valence-electron chi connectivity index (χ2n) is 6.06. The number of rotatable bonds is 4. The summed E-state index contributed by atoms with van der Waals surface area (Å²) in [6.07, 6.45) is 0. The average molecular weight is 323 g/mol. The molecule has 1 fully saturated rings. The molecule has 24 heavy (non-hydrogen) atoms. The number of urea groups is 1. The lowest BCUT2D eigenvalue weighted by Gasteiger charge is -2.18. The van der Waals surface area contributed by atoms with Crippen LogP contribution in [0.4, 0.5) is 16.2 Å². The van der Waals surface area contributed by atoms with Gasteiger partial charge in [-0.1, -0.05) is 30.3 Å². The minimum Gasteiger partial charge on any atom is -0.324 e. The molecule has 0 atom stereocenters. The monoisotopic (exact) mass is 323 g/mol. The molecule has 0 bridgehead atoms. The fourth-order valence-electron chi connectivity index (χ4n) is 2.81. The van der Waals surface area contributed by atoms with Crippen molar-refractivity contribution in [2.45, 2.75) is 13.8 Å². The van der Waals surface area contributed by atoms with Crippen LogP contribution in [0.25, 0.3) is 0 Å². The molecule has 5 nitrogen and oxygen atoms in total. The number of anilines is 2. The molecule has 0 radical (unpaired) electrons. The van der Waals surface area contributed by atoms with Crippen molar-refractivity contribution in [2.24, 2.45) is 0 Å². The van der Waals surface area contributed by atoms with E-state index in [0.717, 1.165) is 22.5 Å². The quantitative estimate of drug-likeness (QED) is 0.939. The van der Waals surface area contributed by atoms with E-state index in [0.29, 0.717) is 13.1 Å². The molecular formula is C19H21N3O2. The predicted octanol–water partition coefficient (Wildman–Crippen LogP) is 3.18. The summed E-state index contributed by atoms with van der Waals surface area (Å²) in [5.74, 6) is -0.174. The summed E-state index contributed by atoms with van der Waals surface area (Å²) in [7, 11) is 0. The zero-order valence-corrected chi connectivity index (χ0v) is 14.0. The van der Waals surface area contributed by atoms with Crippen molar-refractivity contribution < 1.29 is 9.59 Å². The van der Waals surface area contributed by atoms with Gasteiger partial charge in [-0.15, -0.1) is 0 Å². The molecule has 0 spiro atoms. The number of hydrogen-bond acceptors (Lipinski definition) is 2. The van der Waals surface area contributed by atoms with Gasteiger partial charge < -0.3 is 10.2 Å². The molecule has 1 heterocycles. The predicted molar refractivity (Wildman–Crippen MR) is 95.3 cm³/mol. The SMILES string of the molecule is Cc1ccc(C)c(NC(=O)CN2CCN(c3ccccc3)C2=O)c1. The van der Waals surface area contributed by atoms with Gasteiger partial charge >= 0.3 is 6.03 Å². The van der Waals surface area contributed by atoms with Gasteiger partial charge in [-0.25, -0.2) is 4.79 Å². The molecule has 2 aromatic rings. The van der Waals surface area contributed by atoms with Gasteiger partial charge in [0.05, 0.1) is 0 Å². The molecule has 0 aliphatic carbocycles. The number of nitrogens with one attached hydrogen (secondary N) is 1. The Morgan fingerprint density at radius 3 is 2.58 bits per heavy atom. The number of hydrogen-bond donors (Lipinski definition) is 1. The van der Waals surface area contributed by atoms with E-state index in [1.165, 1.54) is 0 Å². The normalized spacial score (nSPS) is 14.2. The summed E-state index contributed by atoms with van der Waals surface area (Å²) in [5, 5.41) is 2.90. The maximum Gasteiger partial charge on any atom is 0.325 e. The van der Waals surface area contributed by atoms with Crippen molar-refractivity contribution in [3.05, 3.63) is 59.7 Å². The van der Waals surface area contributed by atoms with E-state index in [-0.39, 0.29) is 18.5 Å². The maximum atomic E-state index is 12.5. The summed E-state index contributed by atoms with van der Waals surface area (Å²) in [4.78, 5) is 28.1. The number of carbonyl (C=O) groups is 2. The van der Waals surface area contributed by atoms with Crippen molar-refractivity contribution in [1.82, 2.24) is 4.90 Å². The largest absolute Gasteiger partial charge is 0.325 e. The van der Waals surface area contributed by atoms with Crippen molar-refractivity contribution in [1.29, 1.82) is 0 Å². The number of aryl methyl sites for hydroxylation is 2. The van der Waals surface area contributed by atoms with Crippen molar-refractivity contribution in [3.8, 4) is 0 Å². The summed E-state index contributed by atoms with van der Waals surface area (Å²) in [5.41, 5.74) is 3.75. The Hall–Kier alpha value is -2.82. The van der Waals surface area contributed by atoms with E-state index < -0.39 is 0 Å². The minimum absolute atomic E-state index is 0.0650. The van der Waals surface area contributed by atoms with E-state index in [4.69, 9.17) is 0 Å². The number of nitrogens with zero attached hydrogens (tertiary/aromatic N) is 2. The Labute approximate surface area is 141 Å². The molecule has 0 unspecified atom stereocenters. The average Bonchev–Trinajstić information content (AvgIpc) is 2.92. The lowest BCUT2D eigenvalue weighted by Crippen LogP contribution is -2.37.